The van der Waals surface area contributed by atoms with Crippen LogP contribution in [0.1, 0.15) is 29.7 Å². The van der Waals surface area contributed by atoms with Crippen molar-refractivity contribution in [1.29, 1.82) is 5.26 Å². The summed E-state index contributed by atoms with van der Waals surface area (Å²) in [5.41, 5.74) is 4.33. The van der Waals surface area contributed by atoms with Gasteiger partial charge in [0.1, 0.15) is 11.6 Å². The van der Waals surface area contributed by atoms with Crippen molar-refractivity contribution in [2.24, 2.45) is 0 Å². The molecule has 1 saturated heterocycles. The molecule has 30 heavy (non-hydrogen) atoms. The number of nitriles is 1. The number of fused-ring (bicyclic) bond motifs is 1. The van der Waals surface area contributed by atoms with Gasteiger partial charge >= 0.3 is 0 Å². The van der Waals surface area contributed by atoms with E-state index in [-0.39, 0.29) is 17.6 Å². The first kappa shape index (κ1) is 19.9. The molecule has 2 heterocycles. The van der Waals surface area contributed by atoms with Crippen molar-refractivity contribution in [3.05, 3.63) is 77.0 Å². The minimum absolute atomic E-state index is 0.0448. The number of carbonyl (C=O) groups is 1. The first-order valence-corrected chi connectivity index (χ1v) is 10.3. The highest BCUT2D eigenvalue weighted by Gasteiger charge is 2.19. The summed E-state index contributed by atoms with van der Waals surface area (Å²) in [4.78, 5) is 12.6. The number of benzene rings is 2. The summed E-state index contributed by atoms with van der Waals surface area (Å²) >= 11 is 0. The van der Waals surface area contributed by atoms with Crippen LogP contribution in [0.15, 0.2) is 60.2 Å². The lowest BCUT2D eigenvalue weighted by Gasteiger charge is -2.10. The zero-order valence-electron chi connectivity index (χ0n) is 17.1. The molecule has 5 nitrogen and oxygen atoms in total. The lowest BCUT2D eigenvalue weighted by atomic mass is 10.1. The molecule has 1 N–H and O–H groups in total. The molecule has 0 saturated carbocycles. The minimum Gasteiger partial charge on any atom is -0.376 e. The minimum atomic E-state index is -0.354. The summed E-state index contributed by atoms with van der Waals surface area (Å²) in [5.74, 6) is -0.354. The Labute approximate surface area is 176 Å². The van der Waals surface area contributed by atoms with Gasteiger partial charge in [0, 0.05) is 41.9 Å². The highest BCUT2D eigenvalue weighted by Crippen LogP contribution is 2.29. The normalized spacial score (nSPS) is 16.5. The fourth-order valence-electron chi connectivity index (χ4n) is 4.01. The van der Waals surface area contributed by atoms with Gasteiger partial charge in [0.2, 0.25) is 0 Å². The topological polar surface area (TPSA) is 67.1 Å². The van der Waals surface area contributed by atoms with Gasteiger partial charge in [0.05, 0.1) is 6.10 Å². The van der Waals surface area contributed by atoms with E-state index in [0.717, 1.165) is 48.2 Å². The van der Waals surface area contributed by atoms with Gasteiger partial charge in [-0.05, 0) is 37.5 Å². The number of ether oxygens (including phenoxy) is 1. The fourth-order valence-corrected chi connectivity index (χ4v) is 4.01. The summed E-state index contributed by atoms with van der Waals surface area (Å²) in [5, 5.41) is 13.5. The number of nitrogens with one attached hydrogen (secondary N) is 1. The van der Waals surface area contributed by atoms with Crippen LogP contribution in [0.2, 0.25) is 0 Å². The van der Waals surface area contributed by atoms with Gasteiger partial charge in [-0.2, -0.15) is 5.26 Å². The third-order valence-electron chi connectivity index (χ3n) is 5.63. The van der Waals surface area contributed by atoms with E-state index in [2.05, 4.69) is 34.2 Å². The van der Waals surface area contributed by atoms with E-state index in [1.165, 1.54) is 5.56 Å². The molecule has 0 spiro atoms. The molecular weight excluding hydrogens is 374 g/mol. The van der Waals surface area contributed by atoms with E-state index < -0.39 is 0 Å². The third kappa shape index (κ3) is 4.14. The Morgan fingerprint density at radius 1 is 1.23 bits per heavy atom. The highest BCUT2D eigenvalue weighted by atomic mass is 16.5. The maximum Gasteiger partial charge on any atom is 0.262 e. The molecule has 0 unspecified atom stereocenters. The van der Waals surface area contributed by atoms with Crippen molar-refractivity contribution >= 4 is 22.9 Å². The van der Waals surface area contributed by atoms with Crippen molar-refractivity contribution in [3.63, 3.8) is 0 Å². The summed E-state index contributed by atoms with van der Waals surface area (Å²) in [7, 11) is 0. The van der Waals surface area contributed by atoms with Gasteiger partial charge in [0.15, 0.2) is 0 Å². The predicted octanol–water partition coefficient (Wildman–Crippen LogP) is 4.20. The van der Waals surface area contributed by atoms with Crippen LogP contribution in [0.25, 0.3) is 17.0 Å². The van der Waals surface area contributed by atoms with Crippen LogP contribution < -0.4 is 5.32 Å². The number of amides is 1. The zero-order chi connectivity index (χ0) is 20.9. The monoisotopic (exact) mass is 399 g/mol. The van der Waals surface area contributed by atoms with E-state index in [4.69, 9.17) is 4.74 Å². The Balaban J connectivity index is 1.66. The predicted molar refractivity (Wildman–Crippen MR) is 118 cm³/mol. The molecule has 5 heteroatoms. The van der Waals surface area contributed by atoms with Crippen molar-refractivity contribution in [3.8, 4) is 6.07 Å². The molecule has 1 aliphatic heterocycles. The molecule has 1 atom stereocenters. The summed E-state index contributed by atoms with van der Waals surface area (Å²) in [6, 6.07) is 20.4. The lowest BCUT2D eigenvalue weighted by Crippen LogP contribution is -2.32. The van der Waals surface area contributed by atoms with Crippen LogP contribution in [0.3, 0.4) is 0 Å². The van der Waals surface area contributed by atoms with Crippen molar-refractivity contribution in [2.75, 3.05) is 13.2 Å². The zero-order valence-corrected chi connectivity index (χ0v) is 17.1. The smallest absolute Gasteiger partial charge is 0.262 e. The summed E-state index contributed by atoms with van der Waals surface area (Å²) in [6.45, 7) is 3.94. The second-order valence-corrected chi connectivity index (χ2v) is 7.60. The van der Waals surface area contributed by atoms with E-state index in [9.17, 15) is 10.1 Å². The fraction of sp³-hybridized carbons (Fsp3) is 0.280. The highest BCUT2D eigenvalue weighted by molar-refractivity contribution is 6.04. The molecule has 1 aliphatic rings. The number of hydrogen-bond acceptors (Lipinski definition) is 3. The maximum atomic E-state index is 12.6. The Morgan fingerprint density at radius 2 is 2.00 bits per heavy atom. The Bertz CT molecular complexity index is 1120. The van der Waals surface area contributed by atoms with Gasteiger partial charge in [-0.3, -0.25) is 4.79 Å². The number of para-hydroxylation sites is 1. The summed E-state index contributed by atoms with van der Waals surface area (Å²) in [6.07, 6.45) is 3.72. The van der Waals surface area contributed by atoms with E-state index >= 15 is 0 Å². The number of aromatic nitrogens is 1. The average molecular weight is 399 g/mol. The first-order valence-electron chi connectivity index (χ1n) is 10.3. The van der Waals surface area contributed by atoms with Gasteiger partial charge in [0.25, 0.3) is 5.91 Å². The van der Waals surface area contributed by atoms with Crippen LogP contribution in [-0.2, 0) is 16.1 Å². The van der Waals surface area contributed by atoms with Crippen LogP contribution in [0.5, 0.6) is 0 Å². The van der Waals surface area contributed by atoms with Crippen LogP contribution in [0, 0.1) is 18.3 Å². The lowest BCUT2D eigenvalue weighted by molar-refractivity contribution is -0.117. The third-order valence-corrected chi connectivity index (χ3v) is 5.63. The van der Waals surface area contributed by atoms with E-state index in [0.29, 0.717) is 6.54 Å². The Morgan fingerprint density at radius 3 is 2.73 bits per heavy atom. The number of hydrogen-bond donors (Lipinski definition) is 1. The Kier molecular flexibility index (Phi) is 5.97. The average Bonchev–Trinajstić information content (AvgIpc) is 3.39. The van der Waals surface area contributed by atoms with Crippen molar-refractivity contribution < 1.29 is 9.53 Å². The van der Waals surface area contributed by atoms with Gasteiger partial charge < -0.3 is 14.6 Å². The van der Waals surface area contributed by atoms with Crippen molar-refractivity contribution in [1.82, 2.24) is 9.88 Å². The van der Waals surface area contributed by atoms with Crippen LogP contribution in [0.4, 0.5) is 0 Å². The van der Waals surface area contributed by atoms with Crippen LogP contribution >= 0.6 is 0 Å². The molecule has 0 radical (unpaired) electrons. The van der Waals surface area contributed by atoms with Gasteiger partial charge in [-0.15, -0.1) is 0 Å². The number of carbonyl (C=O) groups excluding carboxylic acids is 1. The molecular formula is C25H25N3O2. The molecule has 0 aliphatic carbocycles. The van der Waals surface area contributed by atoms with E-state index in [1.807, 2.05) is 43.3 Å². The standard InChI is InChI=1S/C25H25N3O2/c1-18-23(14-20(15-26)25(29)27-16-21-10-7-13-30-21)22-11-5-6-12-24(22)28(18)17-19-8-3-2-4-9-19/h2-6,8-9,11-12,14,21H,7,10,13,16-17H2,1H3,(H,27,29)/b20-14-/t21-/m0/s1. The maximum absolute atomic E-state index is 12.6. The van der Waals surface area contributed by atoms with Crippen LogP contribution in [-0.4, -0.2) is 29.7 Å². The van der Waals surface area contributed by atoms with E-state index in [1.54, 1.807) is 6.08 Å². The second kappa shape index (κ2) is 8.98. The molecule has 1 fully saturated rings. The van der Waals surface area contributed by atoms with Gasteiger partial charge in [-0.1, -0.05) is 48.5 Å². The molecule has 152 valence electrons. The molecule has 0 bridgehead atoms. The molecule has 1 amide bonds. The SMILES string of the molecule is Cc1c(/C=C(/C#N)C(=O)NC[C@@H]2CCCO2)c2ccccc2n1Cc1ccccc1. The second-order valence-electron chi connectivity index (χ2n) is 7.60. The largest absolute Gasteiger partial charge is 0.376 e. The number of rotatable bonds is 6. The molecule has 3 aromatic rings. The molecule has 4 rings (SSSR count). The number of nitrogens with zero attached hydrogens (tertiary/aromatic N) is 2. The molecule has 2 aromatic carbocycles. The molecule has 1 aromatic heterocycles. The first-order chi connectivity index (χ1) is 14.7. The Hall–Kier alpha value is -3.36. The summed E-state index contributed by atoms with van der Waals surface area (Å²) < 4.78 is 7.78. The van der Waals surface area contributed by atoms with Gasteiger partial charge in [-0.25, -0.2) is 0 Å². The van der Waals surface area contributed by atoms with Crippen molar-refractivity contribution in [2.45, 2.75) is 32.4 Å². The quantitative estimate of drug-likeness (QED) is 0.499.